The van der Waals surface area contributed by atoms with E-state index in [2.05, 4.69) is 26.0 Å². The van der Waals surface area contributed by atoms with Gasteiger partial charge in [-0.2, -0.15) is 0 Å². The van der Waals surface area contributed by atoms with Crippen LogP contribution < -0.4 is 0 Å². The van der Waals surface area contributed by atoms with Crippen molar-refractivity contribution in [3.8, 4) is 0 Å². The van der Waals surface area contributed by atoms with Crippen molar-refractivity contribution < 1.29 is 19.4 Å². The maximum atomic E-state index is 12.6. The number of Topliss-reactive ketones (excluding diaryl/α,β-unsaturated/α-hetero) is 1. The van der Waals surface area contributed by atoms with Crippen molar-refractivity contribution in [2.45, 2.75) is 58.5 Å². The van der Waals surface area contributed by atoms with Gasteiger partial charge in [0.15, 0.2) is 0 Å². The van der Waals surface area contributed by atoms with Crippen molar-refractivity contribution in [3.05, 3.63) is 23.3 Å². The van der Waals surface area contributed by atoms with E-state index in [0.29, 0.717) is 18.6 Å². The lowest BCUT2D eigenvalue weighted by Crippen LogP contribution is -2.49. The van der Waals surface area contributed by atoms with E-state index in [0.717, 1.165) is 25.7 Å². The highest BCUT2D eigenvalue weighted by molar-refractivity contribution is 5.88. The van der Waals surface area contributed by atoms with Crippen LogP contribution in [0.3, 0.4) is 0 Å². The molecule has 136 valence electrons. The normalized spacial score (nSPS) is 45.7. The highest BCUT2D eigenvalue weighted by Gasteiger charge is 2.58. The first-order valence-electron chi connectivity index (χ1n) is 9.52. The molecule has 6 atom stereocenters. The predicted molar refractivity (Wildman–Crippen MR) is 93.6 cm³/mol. The number of carbonyl (C=O) groups excluding carboxylic acids is 2. The molecule has 0 saturated heterocycles. The van der Waals surface area contributed by atoms with Gasteiger partial charge in [-0.05, 0) is 38.0 Å². The van der Waals surface area contributed by atoms with Gasteiger partial charge in [0.2, 0.25) is 0 Å². The average molecular weight is 344 g/mol. The third-order valence-electron chi connectivity index (χ3n) is 7.70. The number of carbonyl (C=O) groups is 2. The van der Waals surface area contributed by atoms with Crippen LogP contribution in [0.15, 0.2) is 23.3 Å². The van der Waals surface area contributed by atoms with Crippen LogP contribution in [0.25, 0.3) is 0 Å². The zero-order chi connectivity index (χ0) is 18.0. The summed E-state index contributed by atoms with van der Waals surface area (Å²) < 4.78 is 5.13. The van der Waals surface area contributed by atoms with Crippen molar-refractivity contribution in [2.75, 3.05) is 7.11 Å². The summed E-state index contributed by atoms with van der Waals surface area (Å²) in [7, 11) is 1.44. The number of methoxy groups -OCH3 is 1. The molecule has 0 bridgehead atoms. The first-order chi connectivity index (χ1) is 11.8. The Balaban J connectivity index is 1.85. The summed E-state index contributed by atoms with van der Waals surface area (Å²) in [4.78, 5) is 25.2. The Morgan fingerprint density at radius 1 is 1.32 bits per heavy atom. The summed E-state index contributed by atoms with van der Waals surface area (Å²) >= 11 is 0. The highest BCUT2D eigenvalue weighted by atomic mass is 16.5. The van der Waals surface area contributed by atoms with Gasteiger partial charge in [0.25, 0.3) is 0 Å². The van der Waals surface area contributed by atoms with Gasteiger partial charge in [-0.1, -0.05) is 37.1 Å². The summed E-state index contributed by atoms with van der Waals surface area (Å²) in [6.45, 7) is 4.34. The van der Waals surface area contributed by atoms with E-state index in [1.807, 2.05) is 0 Å². The van der Waals surface area contributed by atoms with E-state index in [-0.39, 0.29) is 40.7 Å². The van der Waals surface area contributed by atoms with Crippen LogP contribution in [0.5, 0.6) is 0 Å². The van der Waals surface area contributed by atoms with Crippen molar-refractivity contribution in [1.29, 1.82) is 0 Å². The van der Waals surface area contributed by atoms with Crippen molar-refractivity contribution in [3.63, 3.8) is 0 Å². The third-order valence-corrected chi connectivity index (χ3v) is 7.70. The number of rotatable bonds is 1. The van der Waals surface area contributed by atoms with Crippen LogP contribution in [0.4, 0.5) is 0 Å². The van der Waals surface area contributed by atoms with Crippen molar-refractivity contribution >= 4 is 11.8 Å². The molecule has 0 aliphatic heterocycles. The van der Waals surface area contributed by atoms with Crippen LogP contribution in [-0.4, -0.2) is 30.1 Å². The van der Waals surface area contributed by atoms with Crippen molar-refractivity contribution in [1.82, 2.24) is 0 Å². The van der Waals surface area contributed by atoms with E-state index in [1.165, 1.54) is 18.3 Å². The minimum Gasteiger partial charge on any atom is -0.469 e. The van der Waals surface area contributed by atoms with Gasteiger partial charge in [0.05, 0.1) is 19.1 Å². The topological polar surface area (TPSA) is 63.6 Å². The Morgan fingerprint density at radius 3 is 2.80 bits per heavy atom. The predicted octanol–water partition coefficient (Wildman–Crippen LogP) is 3.20. The number of fused-ring (bicyclic) bond motifs is 5. The molecular weight excluding hydrogens is 316 g/mol. The SMILES string of the molecule is COC(=O)[C@@H]1C=C2CC(O)CCC2(C)C2=CCC3(C)C(=O)CCC3C21. The van der Waals surface area contributed by atoms with Gasteiger partial charge in [-0.3, -0.25) is 9.59 Å². The summed E-state index contributed by atoms with van der Waals surface area (Å²) in [6.07, 6.45) is 8.61. The fraction of sp³-hybridized carbons (Fsp3) is 0.714. The second-order valence-electron chi connectivity index (χ2n) is 8.84. The Kier molecular flexibility index (Phi) is 3.77. The second-order valence-corrected chi connectivity index (χ2v) is 8.84. The van der Waals surface area contributed by atoms with Crippen LogP contribution in [-0.2, 0) is 14.3 Å². The van der Waals surface area contributed by atoms with Crippen molar-refractivity contribution in [2.24, 2.45) is 28.6 Å². The molecule has 0 aromatic rings. The fourth-order valence-electron chi connectivity index (χ4n) is 6.10. The molecule has 4 nitrogen and oxygen atoms in total. The van der Waals surface area contributed by atoms with E-state index >= 15 is 0 Å². The Morgan fingerprint density at radius 2 is 2.08 bits per heavy atom. The molecule has 4 aliphatic rings. The largest absolute Gasteiger partial charge is 0.469 e. The zero-order valence-corrected chi connectivity index (χ0v) is 15.4. The quantitative estimate of drug-likeness (QED) is 0.586. The lowest BCUT2D eigenvalue weighted by Gasteiger charge is -2.53. The Labute approximate surface area is 149 Å². The summed E-state index contributed by atoms with van der Waals surface area (Å²) in [5, 5.41) is 10.1. The molecule has 4 rings (SSSR count). The van der Waals surface area contributed by atoms with Gasteiger partial charge >= 0.3 is 5.97 Å². The third kappa shape index (κ3) is 2.22. The molecule has 4 aliphatic carbocycles. The number of allylic oxidation sites excluding steroid dienone is 2. The molecule has 0 aromatic heterocycles. The molecule has 4 heteroatoms. The second kappa shape index (κ2) is 5.54. The molecule has 0 aromatic carbocycles. The number of ether oxygens (including phenoxy) is 1. The number of esters is 1. The number of aliphatic hydroxyl groups is 1. The summed E-state index contributed by atoms with van der Waals surface area (Å²) in [5.74, 6) is 0.0666. The number of hydrogen-bond donors (Lipinski definition) is 1. The monoisotopic (exact) mass is 344 g/mol. The number of aliphatic hydroxyl groups excluding tert-OH is 1. The fourth-order valence-corrected chi connectivity index (χ4v) is 6.10. The zero-order valence-electron chi connectivity index (χ0n) is 15.4. The summed E-state index contributed by atoms with van der Waals surface area (Å²) in [6, 6.07) is 0. The standard InChI is InChI=1S/C21H28O4/c1-20-8-6-13(22)10-12(20)11-14(19(24)25-3)18-15-4-5-17(23)21(15,2)9-7-16(18)20/h7,11,13-15,18,22H,4-6,8-10H2,1-3H3/t13?,14-,15?,18?,20?,21?/m1/s1. The molecule has 1 N–H and O–H groups in total. The first-order valence-corrected chi connectivity index (χ1v) is 9.52. The summed E-state index contributed by atoms with van der Waals surface area (Å²) in [5.41, 5.74) is 2.08. The molecule has 0 heterocycles. The molecule has 2 saturated carbocycles. The smallest absolute Gasteiger partial charge is 0.313 e. The van der Waals surface area contributed by atoms with Crippen LogP contribution in [0.1, 0.15) is 52.4 Å². The van der Waals surface area contributed by atoms with Crippen LogP contribution >= 0.6 is 0 Å². The molecular formula is C21H28O4. The molecule has 2 fully saturated rings. The molecule has 25 heavy (non-hydrogen) atoms. The van der Waals surface area contributed by atoms with Gasteiger partial charge < -0.3 is 9.84 Å². The van der Waals surface area contributed by atoms with E-state index in [9.17, 15) is 14.7 Å². The Bertz CT molecular complexity index is 690. The maximum Gasteiger partial charge on any atom is 0.313 e. The van der Waals surface area contributed by atoms with E-state index < -0.39 is 0 Å². The highest BCUT2D eigenvalue weighted by Crippen LogP contribution is 2.63. The van der Waals surface area contributed by atoms with Gasteiger partial charge in [0, 0.05) is 23.2 Å². The molecule has 5 unspecified atom stereocenters. The Hall–Kier alpha value is -1.42. The number of ketones is 1. The lowest BCUT2D eigenvalue weighted by molar-refractivity contribution is -0.147. The van der Waals surface area contributed by atoms with E-state index in [4.69, 9.17) is 4.74 Å². The van der Waals surface area contributed by atoms with Crippen LogP contribution in [0, 0.1) is 28.6 Å². The number of hydrogen-bond acceptors (Lipinski definition) is 4. The molecule has 0 spiro atoms. The maximum absolute atomic E-state index is 12.6. The average Bonchev–Trinajstić information content (AvgIpc) is 2.89. The lowest BCUT2D eigenvalue weighted by atomic mass is 9.50. The van der Waals surface area contributed by atoms with Gasteiger partial charge in [0.1, 0.15) is 5.78 Å². The minimum absolute atomic E-state index is 0.0571. The van der Waals surface area contributed by atoms with E-state index in [1.54, 1.807) is 0 Å². The minimum atomic E-state index is -0.337. The van der Waals surface area contributed by atoms with Crippen LogP contribution in [0.2, 0.25) is 0 Å². The molecule has 0 amide bonds. The van der Waals surface area contributed by atoms with Gasteiger partial charge in [-0.25, -0.2) is 0 Å². The van der Waals surface area contributed by atoms with Gasteiger partial charge in [-0.15, -0.1) is 0 Å². The first kappa shape index (κ1) is 17.0. The molecule has 0 radical (unpaired) electrons.